The van der Waals surface area contributed by atoms with Crippen molar-refractivity contribution in [2.75, 3.05) is 5.32 Å². The number of hydrogen-bond donors (Lipinski definition) is 2. The number of thiocarbonyl (C=S) groups is 1. The molecule has 6 heteroatoms. The van der Waals surface area contributed by atoms with Crippen LogP contribution in [0.2, 0.25) is 5.02 Å². The second-order valence-corrected chi connectivity index (χ2v) is 5.25. The molecule has 0 aliphatic rings. The number of halogens is 1. The van der Waals surface area contributed by atoms with Crippen molar-refractivity contribution in [3.05, 3.63) is 46.7 Å². The zero-order chi connectivity index (χ0) is 14.5. The zero-order valence-corrected chi connectivity index (χ0v) is 13.1. The van der Waals surface area contributed by atoms with Gasteiger partial charge in [0.05, 0.1) is 5.69 Å². The first-order valence-electron chi connectivity index (χ1n) is 6.42. The smallest absolute Gasteiger partial charge is 0.171 e. The van der Waals surface area contributed by atoms with Crippen molar-refractivity contribution in [1.82, 2.24) is 15.1 Å². The molecule has 0 saturated carbocycles. The van der Waals surface area contributed by atoms with Crippen molar-refractivity contribution in [2.45, 2.75) is 26.9 Å². The van der Waals surface area contributed by atoms with Gasteiger partial charge in [-0.15, -0.1) is 0 Å². The van der Waals surface area contributed by atoms with Crippen molar-refractivity contribution in [3.8, 4) is 0 Å². The molecule has 0 atom stereocenters. The van der Waals surface area contributed by atoms with Gasteiger partial charge in [0.1, 0.15) is 0 Å². The summed E-state index contributed by atoms with van der Waals surface area (Å²) in [7, 11) is 0. The van der Waals surface area contributed by atoms with Crippen LogP contribution in [0.4, 0.5) is 5.69 Å². The van der Waals surface area contributed by atoms with Gasteiger partial charge in [-0.05, 0) is 50.3 Å². The van der Waals surface area contributed by atoms with Crippen molar-refractivity contribution in [3.63, 3.8) is 0 Å². The molecular weight excluding hydrogens is 292 g/mol. The third-order valence-electron chi connectivity index (χ3n) is 2.91. The molecule has 1 aromatic carbocycles. The molecule has 0 fully saturated rings. The van der Waals surface area contributed by atoms with Crippen molar-refractivity contribution in [1.29, 1.82) is 0 Å². The molecule has 2 rings (SSSR count). The fourth-order valence-electron chi connectivity index (χ4n) is 1.78. The highest BCUT2D eigenvalue weighted by Crippen LogP contribution is 2.13. The SMILES string of the molecule is CCn1cc(CNC(=S)Nc2ccc(Cl)cc2)c(C)n1. The molecule has 0 radical (unpaired) electrons. The summed E-state index contributed by atoms with van der Waals surface area (Å²) >= 11 is 11.1. The summed E-state index contributed by atoms with van der Waals surface area (Å²) in [4.78, 5) is 0. The van der Waals surface area contributed by atoms with Crippen LogP contribution >= 0.6 is 23.8 Å². The van der Waals surface area contributed by atoms with Crippen molar-refractivity contribution >= 4 is 34.6 Å². The lowest BCUT2D eigenvalue weighted by molar-refractivity contribution is 0.653. The summed E-state index contributed by atoms with van der Waals surface area (Å²) in [5.74, 6) is 0. The van der Waals surface area contributed by atoms with E-state index in [9.17, 15) is 0 Å². The predicted octanol–water partition coefficient (Wildman–Crippen LogP) is 3.35. The molecular formula is C14H17ClN4S. The highest BCUT2D eigenvalue weighted by molar-refractivity contribution is 7.80. The van der Waals surface area contributed by atoms with Crippen LogP contribution in [0.5, 0.6) is 0 Å². The normalized spacial score (nSPS) is 10.3. The Labute approximate surface area is 129 Å². The minimum Gasteiger partial charge on any atom is -0.358 e. The minimum atomic E-state index is 0.580. The number of nitrogens with zero attached hydrogens (tertiary/aromatic N) is 2. The summed E-state index contributed by atoms with van der Waals surface area (Å²) in [6.45, 7) is 5.59. The van der Waals surface area contributed by atoms with Gasteiger partial charge in [-0.3, -0.25) is 4.68 Å². The second-order valence-electron chi connectivity index (χ2n) is 4.41. The molecule has 0 amide bonds. The maximum atomic E-state index is 5.84. The Morgan fingerprint density at radius 1 is 1.35 bits per heavy atom. The van der Waals surface area contributed by atoms with E-state index in [4.69, 9.17) is 23.8 Å². The first kappa shape index (κ1) is 14.8. The van der Waals surface area contributed by atoms with E-state index in [-0.39, 0.29) is 0 Å². The molecule has 1 aromatic heterocycles. The van der Waals surface area contributed by atoms with Crippen LogP contribution in [-0.4, -0.2) is 14.9 Å². The van der Waals surface area contributed by atoms with Crippen LogP contribution in [0.15, 0.2) is 30.5 Å². The van der Waals surface area contributed by atoms with Crippen LogP contribution in [0.25, 0.3) is 0 Å². The maximum absolute atomic E-state index is 5.84. The van der Waals surface area contributed by atoms with E-state index >= 15 is 0 Å². The van der Waals surface area contributed by atoms with E-state index in [2.05, 4.69) is 22.7 Å². The summed E-state index contributed by atoms with van der Waals surface area (Å²) in [6.07, 6.45) is 2.03. The quantitative estimate of drug-likeness (QED) is 0.850. The summed E-state index contributed by atoms with van der Waals surface area (Å²) in [5, 5.41) is 12.0. The largest absolute Gasteiger partial charge is 0.358 e. The molecule has 2 N–H and O–H groups in total. The van der Waals surface area contributed by atoms with Gasteiger partial charge in [-0.1, -0.05) is 11.6 Å². The van der Waals surface area contributed by atoms with E-state index in [0.717, 1.165) is 23.5 Å². The molecule has 2 aromatic rings. The fraction of sp³-hybridized carbons (Fsp3) is 0.286. The number of aryl methyl sites for hydroxylation is 2. The maximum Gasteiger partial charge on any atom is 0.171 e. The van der Waals surface area contributed by atoms with E-state index in [1.807, 2.05) is 42.1 Å². The number of anilines is 1. The number of benzene rings is 1. The molecule has 106 valence electrons. The van der Waals surface area contributed by atoms with Gasteiger partial charge in [0, 0.05) is 35.6 Å². The Balaban J connectivity index is 1.88. The summed E-state index contributed by atoms with van der Waals surface area (Å²) in [6, 6.07) is 7.41. The standard InChI is InChI=1S/C14H17ClN4S/c1-3-19-9-11(10(2)18-19)8-16-14(20)17-13-6-4-12(15)5-7-13/h4-7,9H,3,8H2,1-2H3,(H2,16,17,20). The molecule has 1 heterocycles. The van der Waals surface area contributed by atoms with Gasteiger partial charge < -0.3 is 10.6 Å². The topological polar surface area (TPSA) is 41.9 Å². The monoisotopic (exact) mass is 308 g/mol. The average Bonchev–Trinajstić information content (AvgIpc) is 2.80. The molecule has 0 aliphatic carbocycles. The Bertz CT molecular complexity index is 592. The lowest BCUT2D eigenvalue weighted by atomic mass is 10.3. The Morgan fingerprint density at radius 2 is 2.05 bits per heavy atom. The summed E-state index contributed by atoms with van der Waals surface area (Å²) in [5.41, 5.74) is 3.08. The number of hydrogen-bond acceptors (Lipinski definition) is 2. The zero-order valence-electron chi connectivity index (χ0n) is 11.5. The number of rotatable bonds is 4. The van der Waals surface area contributed by atoms with Crippen LogP contribution < -0.4 is 10.6 Å². The highest BCUT2D eigenvalue weighted by atomic mass is 35.5. The predicted molar refractivity (Wildman–Crippen MR) is 87.2 cm³/mol. The third-order valence-corrected chi connectivity index (χ3v) is 3.41. The lowest BCUT2D eigenvalue weighted by Gasteiger charge is -2.10. The Morgan fingerprint density at radius 3 is 2.65 bits per heavy atom. The van der Waals surface area contributed by atoms with Crippen molar-refractivity contribution in [2.24, 2.45) is 0 Å². The van der Waals surface area contributed by atoms with E-state index in [1.165, 1.54) is 0 Å². The first-order valence-corrected chi connectivity index (χ1v) is 7.20. The fourth-order valence-corrected chi connectivity index (χ4v) is 2.09. The van der Waals surface area contributed by atoms with Gasteiger partial charge in [0.15, 0.2) is 5.11 Å². The Kier molecular flexibility index (Phi) is 4.98. The third kappa shape index (κ3) is 3.95. The molecule has 0 bridgehead atoms. The van der Waals surface area contributed by atoms with Crippen LogP contribution in [0.3, 0.4) is 0 Å². The first-order chi connectivity index (χ1) is 9.58. The summed E-state index contributed by atoms with van der Waals surface area (Å²) < 4.78 is 1.92. The molecule has 0 spiro atoms. The minimum absolute atomic E-state index is 0.580. The molecule has 0 unspecified atom stereocenters. The highest BCUT2D eigenvalue weighted by Gasteiger charge is 2.04. The number of aromatic nitrogens is 2. The average molecular weight is 309 g/mol. The number of nitrogens with one attached hydrogen (secondary N) is 2. The second kappa shape index (κ2) is 6.72. The van der Waals surface area contributed by atoms with Crippen LogP contribution in [0, 0.1) is 6.92 Å². The molecule has 0 saturated heterocycles. The van der Waals surface area contributed by atoms with Crippen LogP contribution in [-0.2, 0) is 13.1 Å². The van der Waals surface area contributed by atoms with Gasteiger partial charge in [0.25, 0.3) is 0 Å². The molecule has 20 heavy (non-hydrogen) atoms. The van der Waals surface area contributed by atoms with Gasteiger partial charge >= 0.3 is 0 Å². The Hall–Kier alpha value is -1.59. The van der Waals surface area contributed by atoms with Gasteiger partial charge in [-0.2, -0.15) is 5.10 Å². The van der Waals surface area contributed by atoms with E-state index in [0.29, 0.717) is 16.7 Å². The van der Waals surface area contributed by atoms with Crippen molar-refractivity contribution < 1.29 is 0 Å². The lowest BCUT2D eigenvalue weighted by Crippen LogP contribution is -2.27. The van der Waals surface area contributed by atoms with E-state index < -0.39 is 0 Å². The van der Waals surface area contributed by atoms with Gasteiger partial charge in [-0.25, -0.2) is 0 Å². The van der Waals surface area contributed by atoms with E-state index in [1.54, 1.807) is 0 Å². The van der Waals surface area contributed by atoms with Crippen LogP contribution in [0.1, 0.15) is 18.2 Å². The molecule has 0 aliphatic heterocycles. The molecule has 4 nitrogen and oxygen atoms in total. The van der Waals surface area contributed by atoms with Gasteiger partial charge in [0.2, 0.25) is 0 Å².